The largest absolute Gasteiger partial charge is 0.484 e. The maximum absolute atomic E-state index is 12.0. The molecule has 0 bridgehead atoms. The van der Waals surface area contributed by atoms with Crippen molar-refractivity contribution in [3.8, 4) is 5.75 Å². The lowest BCUT2D eigenvalue weighted by Gasteiger charge is -2.33. The SMILES string of the molecule is CC(C)(C)OC(=O)N1CCC(NC(=O)COc2ccc(Cl)c(Cl)c2)CC1. The minimum atomic E-state index is -0.510. The lowest BCUT2D eigenvalue weighted by molar-refractivity contribution is -0.124. The van der Waals surface area contributed by atoms with Gasteiger partial charge in [-0.15, -0.1) is 0 Å². The highest BCUT2D eigenvalue weighted by molar-refractivity contribution is 6.42. The minimum Gasteiger partial charge on any atom is -0.484 e. The summed E-state index contributed by atoms with van der Waals surface area (Å²) in [5.41, 5.74) is -0.510. The number of benzene rings is 1. The van der Waals surface area contributed by atoms with Gasteiger partial charge in [-0.25, -0.2) is 4.79 Å². The summed E-state index contributed by atoms with van der Waals surface area (Å²) in [5, 5.41) is 3.73. The highest BCUT2D eigenvalue weighted by Gasteiger charge is 2.27. The van der Waals surface area contributed by atoms with Gasteiger partial charge in [0.15, 0.2) is 6.61 Å². The molecule has 1 fully saturated rings. The van der Waals surface area contributed by atoms with Crippen LogP contribution in [0.15, 0.2) is 18.2 Å². The summed E-state index contributed by atoms with van der Waals surface area (Å²) in [6.07, 6.45) is 1.04. The molecule has 1 aromatic carbocycles. The second-order valence-corrected chi connectivity index (χ2v) is 7.99. The first-order valence-corrected chi connectivity index (χ1v) is 9.25. The van der Waals surface area contributed by atoms with E-state index in [2.05, 4.69) is 5.32 Å². The van der Waals surface area contributed by atoms with Crippen molar-refractivity contribution in [1.82, 2.24) is 10.2 Å². The average Bonchev–Trinajstić information content (AvgIpc) is 2.55. The van der Waals surface area contributed by atoms with Gasteiger partial charge in [-0.1, -0.05) is 23.2 Å². The molecule has 2 rings (SSSR count). The van der Waals surface area contributed by atoms with Crippen LogP contribution in [0.5, 0.6) is 5.75 Å². The predicted octanol–water partition coefficient (Wildman–Crippen LogP) is 3.89. The number of ether oxygens (including phenoxy) is 2. The Kier molecular flexibility index (Phi) is 7.01. The number of rotatable bonds is 4. The van der Waals surface area contributed by atoms with Gasteiger partial charge in [0.2, 0.25) is 0 Å². The topological polar surface area (TPSA) is 67.9 Å². The second-order valence-electron chi connectivity index (χ2n) is 7.17. The fourth-order valence-corrected chi connectivity index (χ4v) is 2.81. The lowest BCUT2D eigenvalue weighted by Crippen LogP contribution is -2.48. The second kappa shape index (κ2) is 8.82. The standard InChI is InChI=1S/C18H24Cl2N2O4/c1-18(2,3)26-17(24)22-8-6-12(7-9-22)21-16(23)11-25-13-4-5-14(19)15(20)10-13/h4-5,10,12H,6-9,11H2,1-3H3,(H,21,23). The predicted molar refractivity (Wildman–Crippen MR) is 101 cm³/mol. The van der Waals surface area contributed by atoms with Crippen molar-refractivity contribution in [2.45, 2.75) is 45.3 Å². The van der Waals surface area contributed by atoms with Gasteiger partial charge < -0.3 is 19.7 Å². The van der Waals surface area contributed by atoms with Crippen molar-refractivity contribution < 1.29 is 19.1 Å². The molecule has 0 aliphatic carbocycles. The first kappa shape index (κ1) is 20.6. The van der Waals surface area contributed by atoms with E-state index in [1.165, 1.54) is 0 Å². The molecule has 144 valence electrons. The summed E-state index contributed by atoms with van der Waals surface area (Å²) < 4.78 is 10.8. The monoisotopic (exact) mass is 402 g/mol. The number of piperidine rings is 1. The Morgan fingerprint density at radius 3 is 2.42 bits per heavy atom. The van der Waals surface area contributed by atoms with E-state index in [0.29, 0.717) is 41.7 Å². The molecule has 0 radical (unpaired) electrons. The number of carbonyl (C=O) groups excluding carboxylic acids is 2. The molecule has 1 N–H and O–H groups in total. The Morgan fingerprint density at radius 2 is 1.85 bits per heavy atom. The third-order valence-corrected chi connectivity index (χ3v) is 4.51. The van der Waals surface area contributed by atoms with Gasteiger partial charge in [-0.05, 0) is 45.7 Å². The van der Waals surface area contributed by atoms with Gasteiger partial charge in [0, 0.05) is 25.2 Å². The van der Waals surface area contributed by atoms with Crippen LogP contribution in [0.2, 0.25) is 10.0 Å². The molecular weight excluding hydrogens is 379 g/mol. The average molecular weight is 403 g/mol. The molecule has 2 amide bonds. The van der Waals surface area contributed by atoms with Crippen LogP contribution in [0, 0.1) is 0 Å². The number of hydrogen-bond acceptors (Lipinski definition) is 4. The van der Waals surface area contributed by atoms with E-state index in [9.17, 15) is 9.59 Å². The summed E-state index contributed by atoms with van der Waals surface area (Å²) in [6, 6.07) is 4.85. The van der Waals surface area contributed by atoms with Gasteiger partial charge in [0.05, 0.1) is 10.0 Å². The first-order chi connectivity index (χ1) is 12.1. The van der Waals surface area contributed by atoms with Gasteiger partial charge in [0.1, 0.15) is 11.4 Å². The van der Waals surface area contributed by atoms with E-state index in [1.54, 1.807) is 23.1 Å². The van der Waals surface area contributed by atoms with Crippen molar-refractivity contribution in [2.75, 3.05) is 19.7 Å². The molecule has 0 atom stereocenters. The molecule has 1 aliphatic rings. The zero-order valence-electron chi connectivity index (χ0n) is 15.2. The normalized spacial score (nSPS) is 15.5. The summed E-state index contributed by atoms with van der Waals surface area (Å²) in [4.78, 5) is 25.7. The molecule has 1 aliphatic heterocycles. The van der Waals surface area contributed by atoms with Crippen molar-refractivity contribution in [2.24, 2.45) is 0 Å². The summed E-state index contributed by atoms with van der Waals surface area (Å²) >= 11 is 11.7. The van der Waals surface area contributed by atoms with Gasteiger partial charge in [0.25, 0.3) is 5.91 Å². The van der Waals surface area contributed by atoms with E-state index in [-0.39, 0.29) is 24.6 Å². The lowest BCUT2D eigenvalue weighted by atomic mass is 10.1. The molecule has 0 spiro atoms. The number of amides is 2. The van der Waals surface area contributed by atoms with E-state index >= 15 is 0 Å². The molecule has 1 saturated heterocycles. The van der Waals surface area contributed by atoms with E-state index in [4.69, 9.17) is 32.7 Å². The molecule has 26 heavy (non-hydrogen) atoms. The third-order valence-electron chi connectivity index (χ3n) is 3.77. The Bertz CT molecular complexity index is 653. The maximum Gasteiger partial charge on any atom is 0.410 e. The van der Waals surface area contributed by atoms with Crippen molar-refractivity contribution in [3.63, 3.8) is 0 Å². The zero-order valence-corrected chi connectivity index (χ0v) is 16.7. The fourth-order valence-electron chi connectivity index (χ4n) is 2.52. The number of hydrogen-bond donors (Lipinski definition) is 1. The van der Waals surface area contributed by atoms with Crippen LogP contribution < -0.4 is 10.1 Å². The number of likely N-dealkylation sites (tertiary alicyclic amines) is 1. The molecule has 1 heterocycles. The van der Waals surface area contributed by atoms with Crippen molar-refractivity contribution in [1.29, 1.82) is 0 Å². The van der Waals surface area contributed by atoms with Crippen LogP contribution in [0.3, 0.4) is 0 Å². The van der Waals surface area contributed by atoms with Crippen LogP contribution >= 0.6 is 23.2 Å². The quantitative estimate of drug-likeness (QED) is 0.829. The van der Waals surface area contributed by atoms with Gasteiger partial charge in [-0.2, -0.15) is 0 Å². The molecule has 0 unspecified atom stereocenters. The van der Waals surface area contributed by atoms with E-state index in [1.807, 2.05) is 20.8 Å². The molecule has 8 heteroatoms. The molecule has 0 saturated carbocycles. The van der Waals surface area contributed by atoms with Crippen molar-refractivity contribution >= 4 is 35.2 Å². The van der Waals surface area contributed by atoms with Crippen LogP contribution in [-0.4, -0.2) is 48.2 Å². The molecular formula is C18H24Cl2N2O4. The Hall–Kier alpha value is -1.66. The Morgan fingerprint density at radius 1 is 1.19 bits per heavy atom. The van der Waals surface area contributed by atoms with Crippen LogP contribution in [0.4, 0.5) is 4.79 Å². The Balaban J connectivity index is 1.72. The van der Waals surface area contributed by atoms with Crippen molar-refractivity contribution in [3.05, 3.63) is 28.2 Å². The van der Waals surface area contributed by atoms with E-state index in [0.717, 1.165) is 0 Å². The summed E-state index contributed by atoms with van der Waals surface area (Å²) in [7, 11) is 0. The molecule has 6 nitrogen and oxygen atoms in total. The maximum atomic E-state index is 12.0. The summed E-state index contributed by atoms with van der Waals surface area (Å²) in [6.45, 7) is 6.51. The Labute approximate surface area is 163 Å². The van der Waals surface area contributed by atoms with Crippen LogP contribution in [0.25, 0.3) is 0 Å². The van der Waals surface area contributed by atoms with Gasteiger partial charge >= 0.3 is 6.09 Å². The first-order valence-electron chi connectivity index (χ1n) is 8.49. The highest BCUT2D eigenvalue weighted by Crippen LogP contribution is 2.26. The highest BCUT2D eigenvalue weighted by atomic mass is 35.5. The third kappa shape index (κ3) is 6.57. The smallest absolute Gasteiger partial charge is 0.410 e. The number of nitrogens with one attached hydrogen (secondary N) is 1. The summed E-state index contributed by atoms with van der Waals surface area (Å²) in [5.74, 6) is 0.265. The number of halogens is 2. The van der Waals surface area contributed by atoms with Gasteiger partial charge in [-0.3, -0.25) is 4.79 Å². The van der Waals surface area contributed by atoms with Crippen LogP contribution in [-0.2, 0) is 9.53 Å². The molecule has 0 aromatic heterocycles. The number of nitrogens with zero attached hydrogens (tertiary/aromatic N) is 1. The van der Waals surface area contributed by atoms with Crippen LogP contribution in [0.1, 0.15) is 33.6 Å². The number of carbonyl (C=O) groups is 2. The fraction of sp³-hybridized carbons (Fsp3) is 0.556. The molecule has 1 aromatic rings. The minimum absolute atomic E-state index is 0.0126. The zero-order chi connectivity index (χ0) is 19.3. The van der Waals surface area contributed by atoms with E-state index < -0.39 is 5.60 Å².